The summed E-state index contributed by atoms with van der Waals surface area (Å²) in [6.45, 7) is 4.93. The van der Waals surface area contributed by atoms with Crippen molar-refractivity contribution in [3.63, 3.8) is 0 Å². The minimum atomic E-state index is -0.365. The number of non-ortho nitro benzene ring substituents is 1. The summed E-state index contributed by atoms with van der Waals surface area (Å²) in [4.78, 5) is 25.3. The van der Waals surface area contributed by atoms with Crippen LogP contribution in [0.5, 0.6) is 0 Å². The lowest BCUT2D eigenvalue weighted by atomic mass is 9.85. The van der Waals surface area contributed by atoms with Crippen molar-refractivity contribution in [3.8, 4) is 0 Å². The first-order chi connectivity index (χ1) is 12.9. The zero-order valence-electron chi connectivity index (χ0n) is 15.6. The zero-order chi connectivity index (χ0) is 19.1. The van der Waals surface area contributed by atoms with E-state index < -0.39 is 0 Å². The van der Waals surface area contributed by atoms with Crippen molar-refractivity contribution >= 4 is 17.3 Å². The average Bonchev–Trinajstić information content (AvgIpc) is 3.06. The lowest BCUT2D eigenvalue weighted by molar-refractivity contribution is -0.384. The van der Waals surface area contributed by atoms with Crippen LogP contribution in [0.4, 0.5) is 11.4 Å². The molecule has 2 atom stereocenters. The maximum Gasteiger partial charge on any atom is 0.269 e. The van der Waals surface area contributed by atoms with Crippen LogP contribution in [0.2, 0.25) is 0 Å². The maximum atomic E-state index is 12.5. The van der Waals surface area contributed by atoms with Gasteiger partial charge in [-0.2, -0.15) is 0 Å². The Morgan fingerprint density at radius 2 is 2.04 bits per heavy atom. The Morgan fingerprint density at radius 3 is 2.74 bits per heavy atom. The van der Waals surface area contributed by atoms with Crippen molar-refractivity contribution in [3.05, 3.63) is 68.8 Å². The van der Waals surface area contributed by atoms with Crippen LogP contribution in [0.1, 0.15) is 53.6 Å². The highest BCUT2D eigenvalue weighted by Crippen LogP contribution is 2.45. The molecule has 6 nitrogen and oxygen atoms in total. The maximum absolute atomic E-state index is 12.5. The fraction of sp³-hybridized carbons (Fsp3) is 0.381. The first kappa shape index (κ1) is 17.5. The van der Waals surface area contributed by atoms with Gasteiger partial charge < -0.3 is 10.2 Å². The first-order valence-electron chi connectivity index (χ1n) is 9.35. The molecule has 0 aliphatic carbocycles. The minimum Gasteiger partial charge on any atom is -0.378 e. The summed E-state index contributed by atoms with van der Waals surface area (Å²) in [6.07, 6.45) is 2.21. The van der Waals surface area contributed by atoms with Gasteiger partial charge in [0.15, 0.2) is 0 Å². The number of likely N-dealkylation sites (tertiary alicyclic amines) is 1. The summed E-state index contributed by atoms with van der Waals surface area (Å²) in [5.41, 5.74) is 5.52. The van der Waals surface area contributed by atoms with E-state index in [-0.39, 0.29) is 28.6 Å². The number of nitrogens with one attached hydrogen (secondary N) is 1. The number of carbonyl (C=O) groups is 1. The molecule has 2 aliphatic rings. The Labute approximate surface area is 158 Å². The van der Waals surface area contributed by atoms with Crippen molar-refractivity contribution in [1.29, 1.82) is 0 Å². The van der Waals surface area contributed by atoms with Gasteiger partial charge in [0.2, 0.25) is 5.91 Å². The van der Waals surface area contributed by atoms with E-state index in [9.17, 15) is 14.9 Å². The van der Waals surface area contributed by atoms with Crippen LogP contribution < -0.4 is 5.32 Å². The Morgan fingerprint density at radius 1 is 1.22 bits per heavy atom. The lowest BCUT2D eigenvalue weighted by Gasteiger charge is -2.39. The molecule has 0 aromatic heterocycles. The molecule has 1 saturated heterocycles. The van der Waals surface area contributed by atoms with Gasteiger partial charge >= 0.3 is 0 Å². The monoisotopic (exact) mass is 365 g/mol. The summed E-state index contributed by atoms with van der Waals surface area (Å²) in [6, 6.07) is 11.0. The number of aryl methyl sites for hydroxylation is 2. The molecule has 4 rings (SSSR count). The smallest absolute Gasteiger partial charge is 0.269 e. The van der Waals surface area contributed by atoms with E-state index in [2.05, 4.69) is 31.3 Å². The molecule has 140 valence electrons. The van der Waals surface area contributed by atoms with E-state index in [1.807, 2.05) is 11.0 Å². The van der Waals surface area contributed by atoms with Crippen molar-refractivity contribution in [2.45, 2.75) is 45.2 Å². The highest BCUT2D eigenvalue weighted by molar-refractivity contribution is 5.79. The van der Waals surface area contributed by atoms with E-state index in [0.717, 1.165) is 29.8 Å². The average molecular weight is 365 g/mol. The number of nitro groups is 1. The number of benzene rings is 2. The molecule has 2 aliphatic heterocycles. The number of hydrogen-bond donors (Lipinski definition) is 1. The second-order valence-electron chi connectivity index (χ2n) is 7.53. The van der Waals surface area contributed by atoms with Crippen molar-refractivity contribution in [2.24, 2.45) is 0 Å². The molecule has 27 heavy (non-hydrogen) atoms. The first-order valence-corrected chi connectivity index (χ1v) is 9.35. The number of amides is 1. The van der Waals surface area contributed by atoms with Crippen molar-refractivity contribution < 1.29 is 9.72 Å². The van der Waals surface area contributed by atoms with Crippen molar-refractivity contribution in [2.75, 3.05) is 11.9 Å². The molecule has 0 saturated carbocycles. The molecule has 2 aromatic rings. The van der Waals surface area contributed by atoms with Gasteiger partial charge in [0.25, 0.3) is 5.69 Å². The van der Waals surface area contributed by atoms with Gasteiger partial charge in [-0.15, -0.1) is 0 Å². The molecule has 1 fully saturated rings. The van der Waals surface area contributed by atoms with E-state index in [4.69, 9.17) is 0 Å². The zero-order valence-corrected chi connectivity index (χ0v) is 15.6. The molecule has 2 heterocycles. The number of nitro benzene ring substituents is 1. The van der Waals surface area contributed by atoms with Gasteiger partial charge in [-0.25, -0.2) is 0 Å². The number of fused-ring (bicyclic) bond motifs is 1. The number of hydrogen-bond acceptors (Lipinski definition) is 4. The van der Waals surface area contributed by atoms with Gasteiger partial charge in [-0.05, 0) is 49.4 Å². The van der Waals surface area contributed by atoms with Gasteiger partial charge in [-0.3, -0.25) is 14.9 Å². The van der Waals surface area contributed by atoms with Gasteiger partial charge in [0, 0.05) is 36.3 Å². The number of carbonyl (C=O) groups excluding carboxylic acids is 1. The van der Waals surface area contributed by atoms with Gasteiger partial charge in [0.05, 0.1) is 17.0 Å². The summed E-state index contributed by atoms with van der Waals surface area (Å²) >= 11 is 0. The molecule has 2 aromatic carbocycles. The molecule has 0 unspecified atom stereocenters. The number of rotatable bonds is 3. The third-order valence-corrected chi connectivity index (χ3v) is 5.62. The topological polar surface area (TPSA) is 75.5 Å². The molecule has 1 N–H and O–H groups in total. The molecular weight excluding hydrogens is 342 g/mol. The lowest BCUT2D eigenvalue weighted by Crippen LogP contribution is -2.36. The van der Waals surface area contributed by atoms with Crippen LogP contribution in [0, 0.1) is 24.0 Å². The van der Waals surface area contributed by atoms with E-state index in [0.29, 0.717) is 12.8 Å². The van der Waals surface area contributed by atoms with E-state index >= 15 is 0 Å². The highest BCUT2D eigenvalue weighted by atomic mass is 16.6. The van der Waals surface area contributed by atoms with Crippen LogP contribution in [0.3, 0.4) is 0 Å². The predicted octanol–water partition coefficient (Wildman–Crippen LogP) is 4.43. The molecule has 0 radical (unpaired) electrons. The Kier molecular flexibility index (Phi) is 4.34. The summed E-state index contributed by atoms with van der Waals surface area (Å²) in [5, 5.41) is 14.7. The van der Waals surface area contributed by atoms with E-state index in [1.54, 1.807) is 12.1 Å². The number of anilines is 1. The predicted molar refractivity (Wildman–Crippen MR) is 104 cm³/mol. The third-order valence-electron chi connectivity index (χ3n) is 5.62. The van der Waals surface area contributed by atoms with E-state index in [1.165, 1.54) is 17.2 Å². The second kappa shape index (κ2) is 6.68. The summed E-state index contributed by atoms with van der Waals surface area (Å²) < 4.78 is 0. The standard InChI is InChI=1S/C21H23N3O3/c1-13-9-14(2)21-18(10-13)22-17(12-19(21)23-8-4-7-20(23)25)15-5-3-6-16(11-15)24(26)27/h3,5-6,9-11,17,19,22H,4,7-8,12H2,1-2H3/t17-,19-/m0/s1. The highest BCUT2D eigenvalue weighted by Gasteiger charge is 2.37. The number of nitrogens with zero attached hydrogens (tertiary/aromatic N) is 2. The Hall–Kier alpha value is -2.89. The summed E-state index contributed by atoms with van der Waals surface area (Å²) in [5.74, 6) is 0.200. The SMILES string of the molecule is Cc1cc(C)c2c(c1)N[C@H](c1cccc([N+](=O)[O-])c1)C[C@@H]2N1CCCC1=O. The van der Waals surface area contributed by atoms with Crippen LogP contribution >= 0.6 is 0 Å². The third kappa shape index (κ3) is 3.16. The van der Waals surface area contributed by atoms with Crippen LogP contribution in [0.25, 0.3) is 0 Å². The van der Waals surface area contributed by atoms with Crippen molar-refractivity contribution in [1.82, 2.24) is 4.90 Å². The molecule has 0 spiro atoms. The minimum absolute atomic E-state index is 0.00103. The van der Waals surface area contributed by atoms with Crippen LogP contribution in [-0.4, -0.2) is 22.3 Å². The van der Waals surface area contributed by atoms with Crippen LogP contribution in [0.15, 0.2) is 36.4 Å². The molecule has 1 amide bonds. The van der Waals surface area contributed by atoms with Gasteiger partial charge in [0.1, 0.15) is 0 Å². The quantitative estimate of drug-likeness (QED) is 0.645. The molecule has 0 bridgehead atoms. The Bertz CT molecular complexity index is 925. The summed E-state index contributed by atoms with van der Waals surface area (Å²) in [7, 11) is 0. The van der Waals surface area contributed by atoms with Crippen LogP contribution in [-0.2, 0) is 4.79 Å². The fourth-order valence-electron chi connectivity index (χ4n) is 4.48. The normalized spacial score (nSPS) is 21.7. The molecule has 6 heteroatoms. The second-order valence-corrected chi connectivity index (χ2v) is 7.53. The fourth-order valence-corrected chi connectivity index (χ4v) is 4.48. The molecular formula is C21H23N3O3. The van der Waals surface area contributed by atoms with Gasteiger partial charge in [-0.1, -0.05) is 18.2 Å². The largest absolute Gasteiger partial charge is 0.378 e. The Balaban J connectivity index is 1.77.